The molecule has 0 saturated carbocycles. The minimum absolute atomic E-state index is 0.152. The fraction of sp³-hybridized carbons (Fsp3) is 0.909. The average Bonchev–Trinajstić information content (AvgIpc) is 2.19. The van der Waals surface area contributed by atoms with Crippen molar-refractivity contribution in [1.29, 1.82) is 0 Å². The molecule has 2 unspecified atom stereocenters. The monoisotopic (exact) mass is 230 g/mol. The summed E-state index contributed by atoms with van der Waals surface area (Å²) in [5.74, 6) is 0.490. The van der Waals surface area contributed by atoms with Gasteiger partial charge in [-0.05, 0) is 19.9 Å². The van der Waals surface area contributed by atoms with Crippen molar-refractivity contribution in [2.45, 2.75) is 32.1 Å². The first-order valence-corrected chi connectivity index (χ1v) is 6.12. The van der Waals surface area contributed by atoms with Crippen LogP contribution < -0.4 is 0 Å². The van der Waals surface area contributed by atoms with Gasteiger partial charge in [-0.25, -0.2) is 0 Å². The second-order valence-corrected chi connectivity index (χ2v) is 5.36. The van der Waals surface area contributed by atoms with Crippen LogP contribution in [-0.2, 0) is 4.79 Å². The summed E-state index contributed by atoms with van der Waals surface area (Å²) in [5, 5.41) is -0.152. The molecule has 4 heteroatoms. The van der Waals surface area contributed by atoms with Crippen LogP contribution in [0, 0.1) is 5.92 Å². The molecule has 1 aliphatic rings. The maximum Gasteiger partial charge on any atom is 0.235 e. The standard InChI is InChI=1S/C11H22N2OS/c1-8(2)10(15)11(14)13-6-5-12(4)9(3)7-13/h8-10,15H,5-7H2,1-4H3. The Kier molecular flexibility index (Phi) is 4.46. The Morgan fingerprint density at radius 2 is 2.00 bits per heavy atom. The van der Waals surface area contributed by atoms with Crippen LogP contribution in [0.5, 0.6) is 0 Å². The van der Waals surface area contributed by atoms with Crippen molar-refractivity contribution in [2.24, 2.45) is 5.92 Å². The quantitative estimate of drug-likeness (QED) is 0.718. The lowest BCUT2D eigenvalue weighted by Gasteiger charge is -2.39. The van der Waals surface area contributed by atoms with E-state index in [4.69, 9.17) is 0 Å². The van der Waals surface area contributed by atoms with Gasteiger partial charge >= 0.3 is 0 Å². The molecule has 1 saturated heterocycles. The maximum atomic E-state index is 12.0. The number of rotatable bonds is 2. The normalized spacial score (nSPS) is 25.7. The molecule has 1 fully saturated rings. The summed E-state index contributed by atoms with van der Waals surface area (Å²) >= 11 is 4.38. The number of piperazine rings is 1. The zero-order valence-electron chi connectivity index (χ0n) is 10.1. The first-order chi connectivity index (χ1) is 6.93. The van der Waals surface area contributed by atoms with E-state index in [-0.39, 0.29) is 11.2 Å². The molecule has 0 radical (unpaired) electrons. The molecule has 1 heterocycles. The van der Waals surface area contributed by atoms with Gasteiger partial charge in [-0.2, -0.15) is 12.6 Å². The van der Waals surface area contributed by atoms with Crippen molar-refractivity contribution in [3.63, 3.8) is 0 Å². The molecule has 0 aromatic rings. The molecule has 0 spiro atoms. The number of hydrogen-bond acceptors (Lipinski definition) is 3. The van der Waals surface area contributed by atoms with Crippen molar-refractivity contribution < 1.29 is 4.79 Å². The van der Waals surface area contributed by atoms with E-state index in [1.807, 2.05) is 18.7 Å². The number of carbonyl (C=O) groups is 1. The molecule has 88 valence electrons. The zero-order valence-corrected chi connectivity index (χ0v) is 11.0. The zero-order chi connectivity index (χ0) is 11.6. The van der Waals surface area contributed by atoms with Crippen LogP contribution in [0.25, 0.3) is 0 Å². The number of nitrogens with zero attached hydrogens (tertiary/aromatic N) is 2. The van der Waals surface area contributed by atoms with Crippen LogP contribution in [0.4, 0.5) is 0 Å². The van der Waals surface area contributed by atoms with Crippen molar-refractivity contribution in [3.05, 3.63) is 0 Å². The molecule has 1 aliphatic heterocycles. The van der Waals surface area contributed by atoms with E-state index in [2.05, 4.69) is 31.5 Å². The molecule has 0 aromatic heterocycles. The summed E-state index contributed by atoms with van der Waals surface area (Å²) in [6.45, 7) is 8.86. The van der Waals surface area contributed by atoms with Gasteiger partial charge in [0, 0.05) is 25.7 Å². The number of hydrogen-bond donors (Lipinski definition) is 1. The third-order valence-electron chi connectivity index (χ3n) is 3.16. The first kappa shape index (κ1) is 12.8. The highest BCUT2D eigenvalue weighted by Gasteiger charge is 2.28. The second-order valence-electron chi connectivity index (χ2n) is 4.80. The minimum Gasteiger partial charge on any atom is -0.339 e. The van der Waals surface area contributed by atoms with Crippen LogP contribution in [-0.4, -0.2) is 53.7 Å². The Hall–Kier alpha value is -0.220. The minimum atomic E-state index is -0.152. The smallest absolute Gasteiger partial charge is 0.235 e. The van der Waals surface area contributed by atoms with Gasteiger partial charge in [0.15, 0.2) is 0 Å². The Morgan fingerprint density at radius 3 is 2.47 bits per heavy atom. The van der Waals surface area contributed by atoms with E-state index in [0.717, 1.165) is 19.6 Å². The van der Waals surface area contributed by atoms with Gasteiger partial charge in [0.1, 0.15) is 0 Å². The van der Waals surface area contributed by atoms with E-state index in [1.165, 1.54) is 0 Å². The maximum absolute atomic E-state index is 12.0. The lowest BCUT2D eigenvalue weighted by molar-refractivity contribution is -0.133. The van der Waals surface area contributed by atoms with Gasteiger partial charge in [0.05, 0.1) is 5.25 Å². The molecular formula is C11H22N2OS. The average molecular weight is 230 g/mol. The fourth-order valence-electron chi connectivity index (χ4n) is 1.72. The van der Waals surface area contributed by atoms with Gasteiger partial charge in [-0.1, -0.05) is 13.8 Å². The lowest BCUT2D eigenvalue weighted by Crippen LogP contribution is -2.54. The van der Waals surface area contributed by atoms with Crippen molar-refractivity contribution in [2.75, 3.05) is 26.7 Å². The summed E-state index contributed by atoms with van der Waals surface area (Å²) in [6, 6.07) is 0.454. The molecule has 2 atom stereocenters. The Labute approximate surface area is 98.2 Å². The molecular weight excluding hydrogens is 208 g/mol. The molecule has 0 aromatic carbocycles. The van der Waals surface area contributed by atoms with E-state index in [1.54, 1.807) is 0 Å². The molecule has 15 heavy (non-hydrogen) atoms. The number of carbonyl (C=O) groups excluding carboxylic acids is 1. The second kappa shape index (κ2) is 5.21. The van der Waals surface area contributed by atoms with Crippen LogP contribution in [0.15, 0.2) is 0 Å². The topological polar surface area (TPSA) is 23.6 Å². The molecule has 0 bridgehead atoms. The predicted octanol–water partition coefficient (Wildman–Crippen LogP) is 1.10. The molecule has 0 aliphatic carbocycles. The van der Waals surface area contributed by atoms with Gasteiger partial charge in [0.2, 0.25) is 5.91 Å². The summed E-state index contributed by atoms with van der Waals surface area (Å²) in [6.07, 6.45) is 0. The van der Waals surface area contributed by atoms with Gasteiger partial charge in [-0.15, -0.1) is 0 Å². The van der Waals surface area contributed by atoms with Crippen LogP contribution in [0.2, 0.25) is 0 Å². The number of thiol groups is 1. The lowest BCUT2D eigenvalue weighted by atomic mass is 10.1. The highest BCUT2D eigenvalue weighted by molar-refractivity contribution is 7.81. The third-order valence-corrected chi connectivity index (χ3v) is 3.97. The SMILES string of the molecule is CC(C)C(S)C(=O)N1CCN(C)C(C)C1. The Bertz CT molecular complexity index is 233. The Balaban J connectivity index is 2.54. The first-order valence-electron chi connectivity index (χ1n) is 5.60. The molecule has 3 nitrogen and oxygen atoms in total. The van der Waals surface area contributed by atoms with Crippen molar-refractivity contribution in [1.82, 2.24) is 9.80 Å². The van der Waals surface area contributed by atoms with Crippen LogP contribution in [0.1, 0.15) is 20.8 Å². The Morgan fingerprint density at radius 1 is 1.40 bits per heavy atom. The molecule has 0 N–H and O–H groups in total. The van der Waals surface area contributed by atoms with Crippen LogP contribution in [0.3, 0.4) is 0 Å². The third kappa shape index (κ3) is 3.11. The van der Waals surface area contributed by atoms with Crippen molar-refractivity contribution in [3.8, 4) is 0 Å². The predicted molar refractivity (Wildman–Crippen MR) is 66.3 cm³/mol. The summed E-state index contributed by atoms with van der Waals surface area (Å²) in [7, 11) is 2.10. The van der Waals surface area contributed by atoms with Crippen molar-refractivity contribution >= 4 is 18.5 Å². The number of amides is 1. The van der Waals surface area contributed by atoms with Gasteiger partial charge < -0.3 is 9.80 Å². The summed E-state index contributed by atoms with van der Waals surface area (Å²) < 4.78 is 0. The van der Waals surface area contributed by atoms with E-state index in [0.29, 0.717) is 12.0 Å². The van der Waals surface area contributed by atoms with Gasteiger partial charge in [0.25, 0.3) is 0 Å². The van der Waals surface area contributed by atoms with E-state index >= 15 is 0 Å². The van der Waals surface area contributed by atoms with E-state index < -0.39 is 0 Å². The van der Waals surface area contributed by atoms with E-state index in [9.17, 15) is 4.79 Å². The molecule has 1 rings (SSSR count). The highest BCUT2D eigenvalue weighted by Crippen LogP contribution is 2.15. The highest BCUT2D eigenvalue weighted by atomic mass is 32.1. The van der Waals surface area contributed by atoms with Crippen LogP contribution >= 0.6 is 12.6 Å². The number of likely N-dealkylation sites (N-methyl/N-ethyl adjacent to an activating group) is 1. The molecule has 1 amide bonds. The largest absolute Gasteiger partial charge is 0.339 e. The summed E-state index contributed by atoms with van der Waals surface area (Å²) in [5.41, 5.74) is 0. The van der Waals surface area contributed by atoms with Gasteiger partial charge in [-0.3, -0.25) is 4.79 Å². The fourth-order valence-corrected chi connectivity index (χ4v) is 1.88. The summed E-state index contributed by atoms with van der Waals surface area (Å²) in [4.78, 5) is 16.3.